The molecule has 1 aliphatic heterocycles. The van der Waals surface area contributed by atoms with Crippen molar-refractivity contribution in [3.8, 4) is 0 Å². The summed E-state index contributed by atoms with van der Waals surface area (Å²) >= 11 is 0. The van der Waals surface area contributed by atoms with Crippen LogP contribution in [0.4, 0.5) is 5.69 Å². The highest BCUT2D eigenvalue weighted by molar-refractivity contribution is 7.89. The van der Waals surface area contributed by atoms with Gasteiger partial charge in [0, 0.05) is 12.3 Å². The maximum Gasteiger partial charge on any atom is 0.238 e. The number of rotatable bonds is 5. The first-order chi connectivity index (χ1) is 9.84. The van der Waals surface area contributed by atoms with Crippen LogP contribution in [0, 0.1) is 5.92 Å². The van der Waals surface area contributed by atoms with E-state index in [1.165, 1.54) is 24.3 Å². The molecule has 1 aromatic rings. The maximum absolute atomic E-state index is 12.3. The van der Waals surface area contributed by atoms with Crippen LogP contribution in [0.25, 0.3) is 0 Å². The number of nitrogens with two attached hydrogens (primary N) is 1. The van der Waals surface area contributed by atoms with Gasteiger partial charge in [0.15, 0.2) is 0 Å². The van der Waals surface area contributed by atoms with Gasteiger partial charge in [-0.15, -0.1) is 0 Å². The monoisotopic (exact) mass is 310 g/mol. The zero-order valence-corrected chi connectivity index (χ0v) is 12.6. The minimum Gasteiger partial charge on any atom is -0.274 e. The summed E-state index contributed by atoms with van der Waals surface area (Å²) in [6.45, 7) is 2.03. The van der Waals surface area contributed by atoms with Gasteiger partial charge < -0.3 is 0 Å². The first-order valence-corrected chi connectivity index (χ1v) is 8.39. The third kappa shape index (κ3) is 3.30. The second-order valence-corrected chi connectivity index (χ2v) is 6.71. The molecule has 2 N–H and O–H groups in total. The van der Waals surface area contributed by atoms with Crippen molar-refractivity contribution in [2.24, 2.45) is 11.1 Å². The number of unbranched alkanes of at least 4 members (excludes halogenated alkanes) is 1. The summed E-state index contributed by atoms with van der Waals surface area (Å²) in [6.07, 6.45) is 2.80. The minimum absolute atomic E-state index is 0.0483. The number of amides is 2. The van der Waals surface area contributed by atoms with E-state index in [4.69, 9.17) is 5.14 Å². The molecule has 1 fully saturated rings. The molecule has 114 valence electrons. The van der Waals surface area contributed by atoms with Crippen molar-refractivity contribution in [1.82, 2.24) is 0 Å². The normalized spacial score (nSPS) is 19.3. The Bertz CT molecular complexity index is 652. The number of nitrogens with zero attached hydrogens (tertiary/aromatic N) is 1. The quantitative estimate of drug-likeness (QED) is 0.831. The summed E-state index contributed by atoms with van der Waals surface area (Å²) in [5, 5.41) is 5.02. The molecule has 1 unspecified atom stereocenters. The first-order valence-electron chi connectivity index (χ1n) is 6.84. The van der Waals surface area contributed by atoms with Crippen LogP contribution >= 0.6 is 0 Å². The Balaban J connectivity index is 2.22. The van der Waals surface area contributed by atoms with Gasteiger partial charge in [0.25, 0.3) is 0 Å². The Labute approximate surface area is 124 Å². The Morgan fingerprint density at radius 2 is 1.86 bits per heavy atom. The van der Waals surface area contributed by atoms with Crippen molar-refractivity contribution < 1.29 is 18.0 Å². The number of sulfonamides is 1. The average molecular weight is 310 g/mol. The average Bonchev–Trinajstić information content (AvgIpc) is 2.70. The van der Waals surface area contributed by atoms with Crippen LogP contribution in [-0.2, 0) is 19.6 Å². The maximum atomic E-state index is 12.3. The topological polar surface area (TPSA) is 97.5 Å². The van der Waals surface area contributed by atoms with E-state index in [-0.39, 0.29) is 29.0 Å². The standard InChI is InChI=1S/C14H18N2O4S/c1-2-3-4-10-9-13(17)16(14(10)18)11-5-7-12(8-6-11)21(15,19)20/h5-8,10H,2-4,9H2,1H3,(H2,15,19,20). The third-order valence-corrected chi connectivity index (χ3v) is 4.50. The number of imide groups is 1. The smallest absolute Gasteiger partial charge is 0.238 e. The summed E-state index contributed by atoms with van der Waals surface area (Å²) in [5.74, 6) is -0.725. The summed E-state index contributed by atoms with van der Waals surface area (Å²) in [7, 11) is -3.78. The second kappa shape index (κ2) is 5.95. The predicted molar refractivity (Wildman–Crippen MR) is 77.9 cm³/mol. The molecule has 0 bridgehead atoms. The Hall–Kier alpha value is -1.73. The molecule has 0 aromatic heterocycles. The minimum atomic E-state index is -3.78. The van der Waals surface area contributed by atoms with E-state index in [9.17, 15) is 18.0 Å². The molecule has 6 nitrogen and oxygen atoms in total. The van der Waals surface area contributed by atoms with E-state index in [1.807, 2.05) is 6.92 Å². The van der Waals surface area contributed by atoms with E-state index in [1.54, 1.807) is 0 Å². The number of carbonyl (C=O) groups excluding carboxylic acids is 2. The molecule has 1 aliphatic rings. The van der Waals surface area contributed by atoms with E-state index < -0.39 is 10.0 Å². The van der Waals surface area contributed by atoms with Crippen LogP contribution in [-0.4, -0.2) is 20.2 Å². The van der Waals surface area contributed by atoms with Crippen LogP contribution < -0.4 is 10.0 Å². The number of anilines is 1. The SMILES string of the molecule is CCCCC1CC(=O)N(c2ccc(S(N)(=O)=O)cc2)C1=O. The van der Waals surface area contributed by atoms with Crippen molar-refractivity contribution >= 4 is 27.5 Å². The Kier molecular flexibility index (Phi) is 4.43. The van der Waals surface area contributed by atoms with E-state index in [0.29, 0.717) is 12.1 Å². The van der Waals surface area contributed by atoms with Crippen LogP contribution in [0.2, 0.25) is 0 Å². The van der Waals surface area contributed by atoms with Gasteiger partial charge in [0.1, 0.15) is 0 Å². The molecule has 0 spiro atoms. The molecule has 2 amide bonds. The lowest BCUT2D eigenvalue weighted by Gasteiger charge is -2.15. The van der Waals surface area contributed by atoms with E-state index >= 15 is 0 Å². The Morgan fingerprint density at radius 3 is 2.38 bits per heavy atom. The molecule has 0 saturated carbocycles. The van der Waals surface area contributed by atoms with Crippen LogP contribution in [0.3, 0.4) is 0 Å². The number of benzene rings is 1. The molecule has 0 radical (unpaired) electrons. The van der Waals surface area contributed by atoms with Gasteiger partial charge >= 0.3 is 0 Å². The van der Waals surface area contributed by atoms with Gasteiger partial charge in [0.2, 0.25) is 21.8 Å². The van der Waals surface area contributed by atoms with Crippen molar-refractivity contribution in [2.75, 3.05) is 4.90 Å². The lowest BCUT2D eigenvalue weighted by Crippen LogP contribution is -2.30. The highest BCUT2D eigenvalue weighted by atomic mass is 32.2. The van der Waals surface area contributed by atoms with Gasteiger partial charge in [0.05, 0.1) is 10.6 Å². The van der Waals surface area contributed by atoms with E-state index in [2.05, 4.69) is 0 Å². The molecule has 7 heteroatoms. The lowest BCUT2D eigenvalue weighted by atomic mass is 10.0. The molecule has 1 saturated heterocycles. The molecule has 21 heavy (non-hydrogen) atoms. The second-order valence-electron chi connectivity index (χ2n) is 5.15. The third-order valence-electron chi connectivity index (χ3n) is 3.57. The molecule has 0 aliphatic carbocycles. The van der Waals surface area contributed by atoms with Gasteiger partial charge in [-0.3, -0.25) is 14.5 Å². The lowest BCUT2D eigenvalue weighted by molar-refractivity contribution is -0.122. The number of hydrogen-bond donors (Lipinski definition) is 1. The zero-order chi connectivity index (χ0) is 15.6. The molecule has 2 rings (SSSR count). The van der Waals surface area contributed by atoms with Gasteiger partial charge in [-0.05, 0) is 30.7 Å². The van der Waals surface area contributed by atoms with Crippen LogP contribution in [0.5, 0.6) is 0 Å². The first kappa shape index (κ1) is 15.7. The highest BCUT2D eigenvalue weighted by Crippen LogP contribution is 2.29. The fraction of sp³-hybridized carbons (Fsp3) is 0.429. The summed E-state index contributed by atoms with van der Waals surface area (Å²) in [4.78, 5) is 25.4. The molecule has 1 aromatic carbocycles. The zero-order valence-electron chi connectivity index (χ0n) is 11.8. The van der Waals surface area contributed by atoms with Crippen molar-refractivity contribution in [2.45, 2.75) is 37.5 Å². The van der Waals surface area contributed by atoms with E-state index in [0.717, 1.165) is 17.7 Å². The number of hydrogen-bond acceptors (Lipinski definition) is 4. The van der Waals surface area contributed by atoms with Crippen molar-refractivity contribution in [1.29, 1.82) is 0 Å². The largest absolute Gasteiger partial charge is 0.274 e. The van der Waals surface area contributed by atoms with Crippen molar-refractivity contribution in [3.63, 3.8) is 0 Å². The summed E-state index contributed by atoms with van der Waals surface area (Å²) < 4.78 is 22.4. The fourth-order valence-corrected chi connectivity index (χ4v) is 2.94. The number of carbonyl (C=O) groups is 2. The number of primary sulfonamides is 1. The van der Waals surface area contributed by atoms with Crippen LogP contribution in [0.15, 0.2) is 29.2 Å². The molecule has 1 atom stereocenters. The molecular weight excluding hydrogens is 292 g/mol. The Morgan fingerprint density at radius 1 is 1.24 bits per heavy atom. The molecule has 1 heterocycles. The van der Waals surface area contributed by atoms with Gasteiger partial charge in [-0.2, -0.15) is 0 Å². The summed E-state index contributed by atoms with van der Waals surface area (Å²) in [6, 6.07) is 5.45. The molecular formula is C14H18N2O4S. The van der Waals surface area contributed by atoms with Gasteiger partial charge in [-0.1, -0.05) is 19.8 Å². The van der Waals surface area contributed by atoms with Crippen LogP contribution in [0.1, 0.15) is 32.6 Å². The summed E-state index contributed by atoms with van der Waals surface area (Å²) in [5.41, 5.74) is 0.386. The van der Waals surface area contributed by atoms with Gasteiger partial charge in [-0.25, -0.2) is 13.6 Å². The predicted octanol–water partition coefficient (Wildman–Crippen LogP) is 1.40. The highest BCUT2D eigenvalue weighted by Gasteiger charge is 2.38. The fourth-order valence-electron chi connectivity index (χ4n) is 2.43. The van der Waals surface area contributed by atoms with Crippen molar-refractivity contribution in [3.05, 3.63) is 24.3 Å².